The van der Waals surface area contributed by atoms with Crippen molar-refractivity contribution >= 4 is 143 Å². The highest BCUT2D eigenvalue weighted by Crippen LogP contribution is 2.48. The molecular weight excluding hydrogens is 1340 g/mol. The SMILES string of the molecule is c1ccc(-c2ccccc2N(c2ccc(-c3ccc4cc5c(cc4c3)c3ccccc3n5-c3ccc(-c4ccc5c(c4)c4cc6ccc(-c7ccc(N(c8ccc9c(c8)oc8ccccc89)c8ccccc8-c8ccccc8)cc7)cc6cc4n5-c4ccccc4)cc3)cc2)c2ccc3c(c2)oc2ccccc23)cc1. The van der Waals surface area contributed by atoms with E-state index in [9.17, 15) is 0 Å². The van der Waals surface area contributed by atoms with E-state index in [1.54, 1.807) is 0 Å². The van der Waals surface area contributed by atoms with E-state index in [0.717, 1.165) is 156 Å². The first-order chi connectivity index (χ1) is 54.5. The Morgan fingerprint density at radius 2 is 0.545 bits per heavy atom. The van der Waals surface area contributed by atoms with Crippen molar-refractivity contribution in [2.75, 3.05) is 9.80 Å². The van der Waals surface area contributed by atoms with Gasteiger partial charge in [-0.2, -0.15) is 0 Å². The van der Waals surface area contributed by atoms with Gasteiger partial charge in [0.2, 0.25) is 0 Å². The van der Waals surface area contributed by atoms with Crippen molar-refractivity contribution in [1.29, 1.82) is 0 Å². The fourth-order valence-corrected chi connectivity index (χ4v) is 17.2. The highest BCUT2D eigenvalue weighted by molar-refractivity contribution is 6.17. The second kappa shape index (κ2) is 25.5. The Hall–Kier alpha value is -14.7. The third-order valence-electron chi connectivity index (χ3n) is 22.4. The van der Waals surface area contributed by atoms with Crippen molar-refractivity contribution in [1.82, 2.24) is 9.13 Å². The van der Waals surface area contributed by atoms with E-state index >= 15 is 0 Å². The molecule has 0 atom stereocenters. The third kappa shape index (κ3) is 10.5. The molecule has 6 heteroatoms. The van der Waals surface area contributed by atoms with Crippen LogP contribution in [-0.2, 0) is 0 Å². The summed E-state index contributed by atoms with van der Waals surface area (Å²) in [6, 6.07) is 146. The quantitative estimate of drug-likeness (QED) is 0.115. The summed E-state index contributed by atoms with van der Waals surface area (Å²) in [7, 11) is 0. The Kier molecular flexibility index (Phi) is 14.5. The molecule has 0 N–H and O–H groups in total. The lowest BCUT2D eigenvalue weighted by Crippen LogP contribution is -2.11. The topological polar surface area (TPSA) is 42.6 Å². The number of benzene rings is 18. The van der Waals surface area contributed by atoms with Gasteiger partial charge < -0.3 is 27.8 Å². The zero-order valence-corrected chi connectivity index (χ0v) is 59.7. The van der Waals surface area contributed by atoms with Gasteiger partial charge in [-0.1, -0.05) is 237 Å². The molecule has 4 aromatic heterocycles. The zero-order valence-electron chi connectivity index (χ0n) is 59.7. The number of aromatic nitrogens is 2. The second-order valence-electron chi connectivity index (χ2n) is 28.8. The molecule has 0 aliphatic rings. The lowest BCUT2D eigenvalue weighted by atomic mass is 9.98. The van der Waals surface area contributed by atoms with Crippen LogP contribution in [0.5, 0.6) is 0 Å². The molecule has 22 rings (SSSR count). The van der Waals surface area contributed by atoms with Crippen LogP contribution in [-0.4, -0.2) is 9.13 Å². The molecule has 0 bridgehead atoms. The number of nitrogens with zero attached hydrogens (tertiary/aromatic N) is 4. The first-order valence-corrected chi connectivity index (χ1v) is 37.6. The molecule has 0 saturated carbocycles. The van der Waals surface area contributed by atoms with Gasteiger partial charge in [0.25, 0.3) is 0 Å². The highest BCUT2D eigenvalue weighted by Gasteiger charge is 2.24. The standard InChI is InChI=1S/C104H66N4O2/c1-4-20-70(21-5-1)85-26-10-15-31-95(85)105(83-53-55-90-88-29-13-18-34-101(88)109-103(90)65-83)80-47-40-67(41-48-80)72-37-39-76-63-99-92(62-77(76)58-72)87-28-12-17-33-97(87)108(99)82-51-44-69(45-52-82)74-46-57-98-93(60-74)94-61-75-38-36-73(59-78(75)64-100(94)107(98)79-24-8-3-9-25-79)68-42-49-81(50-43-68)106(96-32-16-11-27-86(96)71-22-6-2-7-23-71)84-54-56-91-89-30-14-19-35-102(89)110-104(91)66-84/h1-66H. The van der Waals surface area contributed by atoms with Crippen LogP contribution < -0.4 is 9.80 Å². The molecule has 0 unspecified atom stereocenters. The molecule has 0 aliphatic heterocycles. The van der Waals surface area contributed by atoms with Gasteiger partial charge in [-0.25, -0.2) is 0 Å². The van der Waals surface area contributed by atoms with Gasteiger partial charge >= 0.3 is 0 Å². The third-order valence-corrected chi connectivity index (χ3v) is 22.4. The van der Waals surface area contributed by atoms with Gasteiger partial charge in [-0.3, -0.25) is 0 Å². The first-order valence-electron chi connectivity index (χ1n) is 37.6. The predicted octanol–water partition coefficient (Wildman–Crippen LogP) is 29.3. The summed E-state index contributed by atoms with van der Waals surface area (Å²) in [5.41, 5.74) is 28.2. The van der Waals surface area contributed by atoms with Crippen LogP contribution in [0.1, 0.15) is 0 Å². The Balaban J connectivity index is 0.579. The van der Waals surface area contributed by atoms with Crippen molar-refractivity contribution in [3.63, 3.8) is 0 Å². The summed E-state index contributed by atoms with van der Waals surface area (Å²) < 4.78 is 17.8. The van der Waals surface area contributed by atoms with Gasteiger partial charge in [0, 0.05) is 100 Å². The maximum atomic E-state index is 6.49. The largest absolute Gasteiger partial charge is 0.456 e. The summed E-state index contributed by atoms with van der Waals surface area (Å²) in [5.74, 6) is 0. The van der Waals surface area contributed by atoms with Crippen LogP contribution >= 0.6 is 0 Å². The maximum absolute atomic E-state index is 6.49. The normalized spacial score (nSPS) is 11.8. The molecule has 0 aliphatic carbocycles. The Morgan fingerprint density at radius 1 is 0.182 bits per heavy atom. The average Bonchev–Trinajstić information content (AvgIpc) is 1.57. The molecule has 514 valence electrons. The molecule has 6 nitrogen and oxygen atoms in total. The van der Waals surface area contributed by atoms with E-state index in [1.165, 1.54) is 54.1 Å². The average molecular weight is 1400 g/mol. The van der Waals surface area contributed by atoms with Gasteiger partial charge in [0.15, 0.2) is 0 Å². The van der Waals surface area contributed by atoms with Gasteiger partial charge in [0.05, 0.1) is 33.4 Å². The number of furan rings is 2. The van der Waals surface area contributed by atoms with Crippen LogP contribution in [0, 0.1) is 0 Å². The van der Waals surface area contributed by atoms with E-state index in [0.29, 0.717) is 0 Å². The number of para-hydroxylation sites is 6. The van der Waals surface area contributed by atoms with E-state index < -0.39 is 0 Å². The molecule has 0 spiro atoms. The van der Waals surface area contributed by atoms with Crippen molar-refractivity contribution < 1.29 is 8.83 Å². The lowest BCUT2D eigenvalue weighted by molar-refractivity contribution is 0.668. The predicted molar refractivity (Wildman–Crippen MR) is 461 cm³/mol. The molecule has 0 amide bonds. The van der Waals surface area contributed by atoms with Crippen LogP contribution in [0.3, 0.4) is 0 Å². The Morgan fingerprint density at radius 3 is 1.10 bits per heavy atom. The van der Waals surface area contributed by atoms with E-state index in [1.807, 2.05) is 24.3 Å². The number of hydrogen-bond donors (Lipinski definition) is 0. The van der Waals surface area contributed by atoms with E-state index in [2.05, 4.69) is 395 Å². The fraction of sp³-hybridized carbons (Fsp3) is 0. The minimum atomic E-state index is 0.855. The zero-order chi connectivity index (χ0) is 72.3. The fourth-order valence-electron chi connectivity index (χ4n) is 17.2. The van der Waals surface area contributed by atoms with Gasteiger partial charge in [0.1, 0.15) is 22.3 Å². The Bertz CT molecular complexity index is 7380. The summed E-state index contributed by atoms with van der Waals surface area (Å²) in [6.45, 7) is 0. The summed E-state index contributed by atoms with van der Waals surface area (Å²) >= 11 is 0. The monoisotopic (exact) mass is 1400 g/mol. The molecule has 0 saturated heterocycles. The maximum Gasteiger partial charge on any atom is 0.137 e. The molecule has 110 heavy (non-hydrogen) atoms. The van der Waals surface area contributed by atoms with E-state index in [-0.39, 0.29) is 0 Å². The number of hydrogen-bond acceptors (Lipinski definition) is 4. The summed E-state index contributed by atoms with van der Waals surface area (Å²) in [6.07, 6.45) is 0. The number of fused-ring (bicyclic) bond motifs is 14. The van der Waals surface area contributed by atoms with Crippen LogP contribution in [0.15, 0.2) is 409 Å². The van der Waals surface area contributed by atoms with Gasteiger partial charge in [-0.15, -0.1) is 0 Å². The van der Waals surface area contributed by atoms with Crippen LogP contribution in [0.2, 0.25) is 0 Å². The first kappa shape index (κ1) is 62.6. The minimum Gasteiger partial charge on any atom is -0.456 e. The minimum absolute atomic E-state index is 0.855. The molecule has 0 fully saturated rings. The molecule has 18 aromatic carbocycles. The van der Waals surface area contributed by atoms with Crippen molar-refractivity contribution in [3.05, 3.63) is 400 Å². The van der Waals surface area contributed by atoms with Crippen molar-refractivity contribution in [2.45, 2.75) is 0 Å². The molecule has 0 radical (unpaired) electrons. The summed E-state index contributed by atoms with van der Waals surface area (Å²) in [4.78, 5) is 4.71. The van der Waals surface area contributed by atoms with E-state index in [4.69, 9.17) is 8.83 Å². The van der Waals surface area contributed by atoms with Crippen LogP contribution in [0.25, 0.3) is 176 Å². The smallest absolute Gasteiger partial charge is 0.137 e. The van der Waals surface area contributed by atoms with Gasteiger partial charge in [-0.05, 0) is 218 Å². The number of anilines is 6. The molecular formula is C104H66N4O2. The van der Waals surface area contributed by atoms with Crippen molar-refractivity contribution in [3.8, 4) is 67.0 Å². The van der Waals surface area contributed by atoms with Crippen molar-refractivity contribution in [2.24, 2.45) is 0 Å². The molecule has 4 heterocycles. The summed E-state index contributed by atoms with van der Waals surface area (Å²) in [5, 5.41) is 14.0. The van der Waals surface area contributed by atoms with Crippen LogP contribution in [0.4, 0.5) is 34.1 Å². The second-order valence-corrected chi connectivity index (χ2v) is 28.8. The number of rotatable bonds is 13. The highest BCUT2D eigenvalue weighted by atomic mass is 16.3. The Labute approximate surface area is 634 Å². The molecule has 22 aromatic rings. The lowest BCUT2D eigenvalue weighted by Gasteiger charge is -2.28.